The first kappa shape index (κ1) is 40.3. The van der Waals surface area contributed by atoms with Crippen LogP contribution < -0.4 is 5.32 Å². The van der Waals surface area contributed by atoms with E-state index in [-0.39, 0.29) is 6.17 Å². The van der Waals surface area contributed by atoms with Crippen LogP contribution in [-0.4, -0.2) is 16.4 Å². The number of nitrogens with zero attached hydrogens (tertiary/aromatic N) is 2. The van der Waals surface area contributed by atoms with Crippen LogP contribution in [0.25, 0.3) is 66.6 Å². The van der Waals surface area contributed by atoms with E-state index in [1.807, 2.05) is 0 Å². The Kier molecular flexibility index (Phi) is 10.7. The maximum absolute atomic E-state index is 5.24. The SMILES string of the molecule is C=C(NC(N=C(C)c1ccccc1)C1=CCCCC1)c1cccc(Cc2ccc(-c3ccc4c(c3)c3cc(-c5cccc6c5Cc5ccccc5-6)ccc3n4-c3ccccc3)cc2)c1C. The number of aliphatic imine (C=N–C) groups is 1. The van der Waals surface area contributed by atoms with Gasteiger partial charge in [-0.15, -0.1) is 0 Å². The fraction of sp³-hybridized carbons (Fsp3) is 0.145. The van der Waals surface area contributed by atoms with Crippen molar-refractivity contribution >= 4 is 33.2 Å². The number of para-hydroxylation sites is 1. The van der Waals surface area contributed by atoms with E-state index < -0.39 is 0 Å². The summed E-state index contributed by atoms with van der Waals surface area (Å²) in [5.41, 5.74) is 23.6. The van der Waals surface area contributed by atoms with E-state index in [0.717, 1.165) is 48.2 Å². The first-order valence-corrected chi connectivity index (χ1v) is 23.2. The van der Waals surface area contributed by atoms with Crippen molar-refractivity contribution in [1.29, 1.82) is 0 Å². The molecule has 11 rings (SSSR count). The molecular formula is C62H53N3. The zero-order valence-electron chi connectivity index (χ0n) is 37.3. The second-order valence-electron chi connectivity index (χ2n) is 17.9. The summed E-state index contributed by atoms with van der Waals surface area (Å²) in [4.78, 5) is 5.24. The number of benzene rings is 8. The smallest absolute Gasteiger partial charge is 0.140 e. The molecule has 0 spiro atoms. The molecule has 0 aliphatic heterocycles. The summed E-state index contributed by atoms with van der Waals surface area (Å²) in [6.07, 6.45) is 8.65. The Morgan fingerprint density at radius 3 is 2.08 bits per heavy atom. The molecule has 3 heteroatoms. The molecule has 8 aromatic carbocycles. The molecule has 2 aliphatic rings. The van der Waals surface area contributed by atoms with Crippen molar-refractivity contribution in [1.82, 2.24) is 9.88 Å². The van der Waals surface area contributed by atoms with Crippen LogP contribution in [0.5, 0.6) is 0 Å². The van der Waals surface area contributed by atoms with Gasteiger partial charge in [0.2, 0.25) is 0 Å². The van der Waals surface area contributed by atoms with Gasteiger partial charge in [-0.3, -0.25) is 4.99 Å². The summed E-state index contributed by atoms with van der Waals surface area (Å²) in [6, 6.07) is 66.7. The lowest BCUT2D eigenvalue weighted by Crippen LogP contribution is -2.30. The fourth-order valence-electron chi connectivity index (χ4n) is 10.4. The van der Waals surface area contributed by atoms with Gasteiger partial charge in [-0.1, -0.05) is 158 Å². The van der Waals surface area contributed by atoms with Crippen LogP contribution in [0, 0.1) is 6.92 Å². The van der Waals surface area contributed by atoms with Crippen LogP contribution >= 0.6 is 0 Å². The topological polar surface area (TPSA) is 29.3 Å². The highest BCUT2D eigenvalue weighted by atomic mass is 15.1. The zero-order chi connectivity index (χ0) is 43.9. The van der Waals surface area contributed by atoms with E-state index >= 15 is 0 Å². The minimum absolute atomic E-state index is 0.141. The van der Waals surface area contributed by atoms with E-state index in [1.165, 1.54) is 107 Å². The number of fused-ring (bicyclic) bond motifs is 6. The molecule has 65 heavy (non-hydrogen) atoms. The van der Waals surface area contributed by atoms with E-state index in [1.54, 1.807) is 0 Å². The summed E-state index contributed by atoms with van der Waals surface area (Å²) < 4.78 is 2.42. The third-order valence-corrected chi connectivity index (χ3v) is 13.9. The van der Waals surface area contributed by atoms with Gasteiger partial charge in [0.05, 0.1) is 11.0 Å². The molecule has 0 radical (unpaired) electrons. The molecule has 1 heterocycles. The number of allylic oxidation sites excluding steroid dienone is 1. The highest BCUT2D eigenvalue weighted by Crippen LogP contribution is 2.43. The summed E-state index contributed by atoms with van der Waals surface area (Å²) in [6.45, 7) is 8.93. The van der Waals surface area contributed by atoms with E-state index in [0.29, 0.717) is 0 Å². The number of nitrogens with one attached hydrogen (secondary N) is 1. The van der Waals surface area contributed by atoms with Crippen LogP contribution in [0.4, 0.5) is 0 Å². The first-order chi connectivity index (χ1) is 32.0. The molecule has 1 atom stereocenters. The van der Waals surface area contributed by atoms with Crippen molar-refractivity contribution < 1.29 is 0 Å². The molecule has 0 bridgehead atoms. The van der Waals surface area contributed by atoms with Crippen molar-refractivity contribution in [2.75, 3.05) is 0 Å². The molecule has 0 fully saturated rings. The molecule has 0 saturated carbocycles. The Morgan fingerprint density at radius 2 is 1.31 bits per heavy atom. The second kappa shape index (κ2) is 17.2. The Bertz CT molecular complexity index is 3310. The number of aromatic nitrogens is 1. The minimum atomic E-state index is -0.141. The largest absolute Gasteiger partial charge is 0.360 e. The first-order valence-electron chi connectivity index (χ1n) is 23.2. The Balaban J connectivity index is 0.886. The fourth-order valence-corrected chi connectivity index (χ4v) is 10.4. The monoisotopic (exact) mass is 839 g/mol. The number of rotatable bonds is 11. The van der Waals surface area contributed by atoms with Gasteiger partial charge < -0.3 is 9.88 Å². The second-order valence-corrected chi connectivity index (χ2v) is 17.9. The summed E-state index contributed by atoms with van der Waals surface area (Å²) in [5.74, 6) is 0. The number of hydrogen-bond donors (Lipinski definition) is 1. The molecule has 0 saturated heterocycles. The van der Waals surface area contributed by atoms with Crippen molar-refractivity contribution in [3.05, 3.63) is 239 Å². The van der Waals surface area contributed by atoms with Gasteiger partial charge in [-0.2, -0.15) is 0 Å². The van der Waals surface area contributed by atoms with Gasteiger partial charge in [0.15, 0.2) is 0 Å². The molecule has 9 aromatic rings. The van der Waals surface area contributed by atoms with Gasteiger partial charge in [-0.25, -0.2) is 0 Å². The van der Waals surface area contributed by atoms with Crippen molar-refractivity contribution in [3.8, 4) is 39.1 Å². The predicted octanol–water partition coefficient (Wildman–Crippen LogP) is 15.5. The summed E-state index contributed by atoms with van der Waals surface area (Å²) in [5, 5.41) is 6.29. The Labute approximate surface area is 383 Å². The Hall–Kier alpha value is -7.49. The maximum Gasteiger partial charge on any atom is 0.140 e. The van der Waals surface area contributed by atoms with Gasteiger partial charge in [0.25, 0.3) is 0 Å². The van der Waals surface area contributed by atoms with Crippen LogP contribution in [0.3, 0.4) is 0 Å². The van der Waals surface area contributed by atoms with Gasteiger partial charge in [0, 0.05) is 33.4 Å². The average Bonchev–Trinajstić information content (AvgIpc) is 3.91. The molecule has 0 amide bonds. The minimum Gasteiger partial charge on any atom is -0.360 e. The lowest BCUT2D eigenvalue weighted by Gasteiger charge is -2.25. The molecule has 1 N–H and O–H groups in total. The quantitative estimate of drug-likeness (QED) is 0.102. The van der Waals surface area contributed by atoms with Gasteiger partial charge >= 0.3 is 0 Å². The van der Waals surface area contributed by atoms with Crippen LogP contribution in [0.1, 0.15) is 71.6 Å². The highest BCUT2D eigenvalue weighted by molar-refractivity contribution is 6.12. The predicted molar refractivity (Wildman–Crippen MR) is 275 cm³/mol. The summed E-state index contributed by atoms with van der Waals surface area (Å²) >= 11 is 0. The third kappa shape index (κ3) is 7.72. The molecule has 2 aliphatic carbocycles. The van der Waals surface area contributed by atoms with Crippen LogP contribution in [0.15, 0.2) is 205 Å². The lowest BCUT2D eigenvalue weighted by molar-refractivity contribution is 0.610. The zero-order valence-corrected chi connectivity index (χ0v) is 37.3. The number of hydrogen-bond acceptors (Lipinski definition) is 2. The van der Waals surface area contributed by atoms with Crippen LogP contribution in [0.2, 0.25) is 0 Å². The van der Waals surface area contributed by atoms with Crippen molar-refractivity contribution in [2.24, 2.45) is 4.99 Å². The normalized spacial score (nSPS) is 13.9. The van der Waals surface area contributed by atoms with Gasteiger partial charge in [-0.05, 0) is 161 Å². The molecule has 1 unspecified atom stereocenters. The van der Waals surface area contributed by atoms with Gasteiger partial charge in [0.1, 0.15) is 6.17 Å². The van der Waals surface area contributed by atoms with E-state index in [4.69, 9.17) is 4.99 Å². The lowest BCUT2D eigenvalue weighted by atomic mass is 9.93. The standard InChI is InChI=1S/C62H53N3/c1-41-48(22-15-26-53(41)43(3)64-62(47-19-9-5-10-20-47)63-42(2)45-17-7-4-8-18-45)37-44-29-31-46(32-30-44)49-33-35-60-58(38-49)59-40-51(34-36-61(59)65(60)52-23-11-6-12-24-52)55-27-16-28-56-54-25-14-13-21-50(54)39-57(55)56/h4,6-8,11-19,21-36,38,40,62,64H,3,5,9-10,20,37,39H2,1-2H3. The average molecular weight is 840 g/mol. The maximum atomic E-state index is 5.24. The summed E-state index contributed by atoms with van der Waals surface area (Å²) in [7, 11) is 0. The Morgan fingerprint density at radius 1 is 0.646 bits per heavy atom. The van der Waals surface area contributed by atoms with Crippen LogP contribution in [-0.2, 0) is 12.8 Å². The van der Waals surface area contributed by atoms with Crippen molar-refractivity contribution in [2.45, 2.75) is 58.5 Å². The van der Waals surface area contributed by atoms with E-state index in [9.17, 15) is 0 Å². The molecule has 3 nitrogen and oxygen atoms in total. The molecule has 1 aromatic heterocycles. The molecular weight excluding hydrogens is 787 g/mol. The molecule has 316 valence electrons. The van der Waals surface area contributed by atoms with E-state index in [2.05, 4.69) is 218 Å². The van der Waals surface area contributed by atoms with Crippen molar-refractivity contribution in [3.63, 3.8) is 0 Å². The highest BCUT2D eigenvalue weighted by Gasteiger charge is 2.23. The third-order valence-electron chi connectivity index (χ3n) is 13.9.